The molecule has 19 heavy (non-hydrogen) atoms. The normalized spacial score (nSPS) is 20.2. The summed E-state index contributed by atoms with van der Waals surface area (Å²) in [5, 5.41) is 14.1. The Morgan fingerprint density at radius 1 is 1.05 bits per heavy atom. The van der Waals surface area contributed by atoms with Crippen LogP contribution in [0.5, 0.6) is 0 Å². The highest BCUT2D eigenvalue weighted by Crippen LogP contribution is 2.27. The van der Waals surface area contributed by atoms with Crippen LogP contribution < -0.4 is 5.32 Å². The number of rotatable bonds is 8. The monoisotopic (exact) mass is 269 g/mol. The maximum Gasteiger partial charge on any atom is 0.0771 e. The van der Waals surface area contributed by atoms with Crippen LogP contribution in [0, 0.1) is 5.41 Å². The van der Waals surface area contributed by atoms with Crippen molar-refractivity contribution < 1.29 is 5.11 Å². The zero-order valence-corrected chi connectivity index (χ0v) is 13.4. The summed E-state index contributed by atoms with van der Waals surface area (Å²) in [5.74, 6) is 0. The molecule has 0 unspecified atom stereocenters. The molecule has 1 rings (SSSR count). The van der Waals surface area contributed by atoms with E-state index >= 15 is 0 Å². The third-order valence-electron chi connectivity index (χ3n) is 4.55. The largest absolute Gasteiger partial charge is 0.389 e. The molecule has 0 aromatic carbocycles. The average molecular weight is 269 g/mol. The number of unbranched alkanes of at least 4 members (excludes halogenated alkanes) is 2. The van der Waals surface area contributed by atoms with Crippen LogP contribution in [-0.4, -0.2) is 23.8 Å². The van der Waals surface area contributed by atoms with Crippen molar-refractivity contribution in [3.05, 3.63) is 0 Å². The lowest BCUT2D eigenvalue weighted by Crippen LogP contribution is -2.43. The fourth-order valence-electron chi connectivity index (χ4n) is 3.14. The van der Waals surface area contributed by atoms with Gasteiger partial charge in [-0.15, -0.1) is 0 Å². The Morgan fingerprint density at radius 3 is 2.26 bits per heavy atom. The molecular formula is C17H35NO. The molecule has 0 amide bonds. The zero-order valence-electron chi connectivity index (χ0n) is 13.4. The van der Waals surface area contributed by atoms with Gasteiger partial charge in [-0.1, -0.05) is 65.7 Å². The number of hydrogen-bond donors (Lipinski definition) is 2. The van der Waals surface area contributed by atoms with E-state index in [0.29, 0.717) is 5.41 Å². The van der Waals surface area contributed by atoms with Gasteiger partial charge in [0, 0.05) is 13.1 Å². The van der Waals surface area contributed by atoms with Gasteiger partial charge in [0.1, 0.15) is 0 Å². The van der Waals surface area contributed by atoms with E-state index in [2.05, 4.69) is 26.1 Å². The molecule has 0 spiro atoms. The molecule has 114 valence electrons. The molecule has 0 aromatic heterocycles. The molecule has 1 saturated carbocycles. The van der Waals surface area contributed by atoms with Gasteiger partial charge in [0.05, 0.1) is 5.60 Å². The molecule has 1 aliphatic carbocycles. The minimum Gasteiger partial charge on any atom is -0.389 e. The highest BCUT2D eigenvalue weighted by molar-refractivity contribution is 4.84. The average Bonchev–Trinajstić information content (AvgIpc) is 2.54. The predicted molar refractivity (Wildman–Crippen MR) is 83.4 cm³/mol. The Morgan fingerprint density at radius 2 is 1.68 bits per heavy atom. The maximum atomic E-state index is 10.6. The Kier molecular flexibility index (Phi) is 7.38. The number of aliphatic hydroxyl groups is 1. The molecule has 0 radical (unpaired) electrons. The van der Waals surface area contributed by atoms with Gasteiger partial charge in [0.15, 0.2) is 0 Å². The van der Waals surface area contributed by atoms with E-state index in [-0.39, 0.29) is 0 Å². The van der Waals surface area contributed by atoms with Crippen molar-refractivity contribution >= 4 is 0 Å². The van der Waals surface area contributed by atoms with Gasteiger partial charge >= 0.3 is 0 Å². The van der Waals surface area contributed by atoms with Crippen LogP contribution in [0.25, 0.3) is 0 Å². The lowest BCUT2D eigenvalue weighted by Gasteiger charge is -2.31. The van der Waals surface area contributed by atoms with Crippen molar-refractivity contribution in [1.29, 1.82) is 0 Å². The van der Waals surface area contributed by atoms with E-state index in [1.165, 1.54) is 51.4 Å². The van der Waals surface area contributed by atoms with Gasteiger partial charge in [-0.2, -0.15) is 0 Å². The lowest BCUT2D eigenvalue weighted by molar-refractivity contribution is 0.0231. The van der Waals surface area contributed by atoms with Crippen LogP contribution in [0.3, 0.4) is 0 Å². The summed E-state index contributed by atoms with van der Waals surface area (Å²) in [6.45, 7) is 8.75. The van der Waals surface area contributed by atoms with Gasteiger partial charge in [0.2, 0.25) is 0 Å². The first kappa shape index (κ1) is 17.0. The van der Waals surface area contributed by atoms with Crippen molar-refractivity contribution in [3.63, 3.8) is 0 Å². The smallest absolute Gasteiger partial charge is 0.0771 e. The summed E-state index contributed by atoms with van der Waals surface area (Å²) in [4.78, 5) is 0. The lowest BCUT2D eigenvalue weighted by atomic mass is 9.86. The Bertz CT molecular complexity index is 229. The minimum absolute atomic E-state index is 0.357. The quantitative estimate of drug-likeness (QED) is 0.509. The van der Waals surface area contributed by atoms with Gasteiger partial charge in [-0.3, -0.25) is 0 Å². The van der Waals surface area contributed by atoms with Crippen LogP contribution in [0.1, 0.15) is 85.0 Å². The van der Waals surface area contributed by atoms with E-state index in [4.69, 9.17) is 0 Å². The maximum absolute atomic E-state index is 10.6. The summed E-state index contributed by atoms with van der Waals surface area (Å²) in [7, 11) is 0. The van der Waals surface area contributed by atoms with Crippen LogP contribution in [0.15, 0.2) is 0 Å². The summed E-state index contributed by atoms with van der Waals surface area (Å²) < 4.78 is 0. The summed E-state index contributed by atoms with van der Waals surface area (Å²) in [6, 6.07) is 0. The van der Waals surface area contributed by atoms with Crippen molar-refractivity contribution in [2.75, 3.05) is 13.1 Å². The molecule has 1 aliphatic rings. The minimum atomic E-state index is -0.435. The fourth-order valence-corrected chi connectivity index (χ4v) is 3.14. The standard InChI is InChI=1S/C17H35NO/c1-4-5-8-11-16(2,3)14-18-15-17(19)12-9-6-7-10-13-17/h18-19H,4-15H2,1-3H3. The summed E-state index contributed by atoms with van der Waals surface area (Å²) >= 11 is 0. The predicted octanol–water partition coefficient (Wildman–Crippen LogP) is 4.27. The molecule has 1 fully saturated rings. The van der Waals surface area contributed by atoms with Gasteiger partial charge in [-0.25, -0.2) is 0 Å². The fraction of sp³-hybridized carbons (Fsp3) is 1.00. The molecule has 0 bridgehead atoms. The highest BCUT2D eigenvalue weighted by Gasteiger charge is 2.28. The van der Waals surface area contributed by atoms with E-state index in [0.717, 1.165) is 25.9 Å². The van der Waals surface area contributed by atoms with E-state index < -0.39 is 5.60 Å². The molecule has 2 heteroatoms. The van der Waals surface area contributed by atoms with E-state index in [1.807, 2.05) is 0 Å². The SMILES string of the molecule is CCCCCC(C)(C)CNCC1(O)CCCCCC1. The van der Waals surface area contributed by atoms with E-state index in [1.54, 1.807) is 0 Å². The summed E-state index contributed by atoms with van der Waals surface area (Å²) in [5.41, 5.74) is -0.0771. The molecule has 0 saturated heterocycles. The Balaban J connectivity index is 2.23. The molecule has 0 heterocycles. The number of hydrogen-bond acceptors (Lipinski definition) is 2. The second kappa shape index (κ2) is 8.26. The highest BCUT2D eigenvalue weighted by atomic mass is 16.3. The molecule has 0 aliphatic heterocycles. The Labute approximate surface area is 120 Å². The van der Waals surface area contributed by atoms with Gasteiger partial charge in [-0.05, 0) is 24.7 Å². The van der Waals surface area contributed by atoms with Crippen molar-refractivity contribution in [1.82, 2.24) is 5.32 Å². The molecule has 2 N–H and O–H groups in total. The van der Waals surface area contributed by atoms with Gasteiger partial charge < -0.3 is 10.4 Å². The van der Waals surface area contributed by atoms with Crippen LogP contribution >= 0.6 is 0 Å². The molecule has 0 aromatic rings. The second-order valence-electron chi connectivity index (χ2n) is 7.36. The second-order valence-corrected chi connectivity index (χ2v) is 7.36. The van der Waals surface area contributed by atoms with Crippen LogP contribution in [0.2, 0.25) is 0 Å². The third-order valence-corrected chi connectivity index (χ3v) is 4.55. The first-order valence-electron chi connectivity index (χ1n) is 8.41. The molecule has 2 nitrogen and oxygen atoms in total. The Hall–Kier alpha value is -0.0800. The molecule has 0 atom stereocenters. The van der Waals surface area contributed by atoms with Gasteiger partial charge in [0.25, 0.3) is 0 Å². The molecular weight excluding hydrogens is 234 g/mol. The van der Waals surface area contributed by atoms with E-state index in [9.17, 15) is 5.11 Å². The van der Waals surface area contributed by atoms with Crippen LogP contribution in [-0.2, 0) is 0 Å². The van der Waals surface area contributed by atoms with Crippen molar-refractivity contribution in [3.8, 4) is 0 Å². The van der Waals surface area contributed by atoms with Crippen molar-refractivity contribution in [2.24, 2.45) is 5.41 Å². The topological polar surface area (TPSA) is 32.3 Å². The number of nitrogens with one attached hydrogen (secondary N) is 1. The van der Waals surface area contributed by atoms with Crippen LogP contribution in [0.4, 0.5) is 0 Å². The summed E-state index contributed by atoms with van der Waals surface area (Å²) in [6.07, 6.45) is 12.2. The first-order chi connectivity index (χ1) is 8.97. The van der Waals surface area contributed by atoms with Crippen molar-refractivity contribution in [2.45, 2.75) is 90.6 Å². The first-order valence-corrected chi connectivity index (χ1v) is 8.41. The zero-order chi connectivity index (χ0) is 14.2. The third kappa shape index (κ3) is 7.31.